The van der Waals surface area contributed by atoms with Crippen LogP contribution >= 0.6 is 0 Å². The normalized spacial score (nSPS) is 29.6. The van der Waals surface area contributed by atoms with Gasteiger partial charge in [0.1, 0.15) is 6.04 Å². The van der Waals surface area contributed by atoms with Crippen LogP contribution in [-0.2, 0) is 19.4 Å². The second kappa shape index (κ2) is 6.74. The van der Waals surface area contributed by atoms with Gasteiger partial charge in [0, 0.05) is 25.6 Å². The summed E-state index contributed by atoms with van der Waals surface area (Å²) in [5.74, 6) is -1.20. The number of carboxylic acids is 1. The summed E-state index contributed by atoms with van der Waals surface area (Å²) in [5, 5.41) is 12.3. The number of likely N-dealkylation sites (tertiary alicyclic amines) is 1. The highest BCUT2D eigenvalue weighted by Crippen LogP contribution is 2.19. The Morgan fingerprint density at radius 2 is 2.00 bits per heavy atom. The molecular weight excluding hydrogens is 296 g/mol. The van der Waals surface area contributed by atoms with Crippen LogP contribution < -0.4 is 5.32 Å². The standard InChI is InChI=1S/C13H22N2O5S/c16-12(8-10-9-21(19,20)7-5-14-10)15-6-3-1-2-4-11(15)13(17)18/h10-11,14H,1-9H2,(H,17,18). The van der Waals surface area contributed by atoms with Gasteiger partial charge in [0.2, 0.25) is 5.91 Å². The molecule has 2 aliphatic heterocycles. The van der Waals surface area contributed by atoms with Gasteiger partial charge in [-0.05, 0) is 12.8 Å². The minimum atomic E-state index is -3.09. The number of amides is 1. The molecule has 0 spiro atoms. The Labute approximate surface area is 124 Å². The summed E-state index contributed by atoms with van der Waals surface area (Å²) in [5.41, 5.74) is 0. The zero-order valence-electron chi connectivity index (χ0n) is 12.0. The molecule has 0 aromatic rings. The van der Waals surface area contributed by atoms with Gasteiger partial charge in [-0.1, -0.05) is 12.8 Å². The van der Waals surface area contributed by atoms with Crippen LogP contribution in [0.4, 0.5) is 0 Å². The highest BCUT2D eigenvalue weighted by atomic mass is 32.2. The van der Waals surface area contributed by atoms with Crippen LogP contribution in [0.2, 0.25) is 0 Å². The molecule has 7 nitrogen and oxygen atoms in total. The maximum Gasteiger partial charge on any atom is 0.326 e. The van der Waals surface area contributed by atoms with Crippen LogP contribution in [0.3, 0.4) is 0 Å². The van der Waals surface area contributed by atoms with Crippen molar-refractivity contribution in [1.29, 1.82) is 0 Å². The first-order valence-corrected chi connectivity index (χ1v) is 9.17. The predicted molar refractivity (Wildman–Crippen MR) is 76.7 cm³/mol. The van der Waals surface area contributed by atoms with Gasteiger partial charge in [0.25, 0.3) is 0 Å². The van der Waals surface area contributed by atoms with Crippen molar-refractivity contribution in [1.82, 2.24) is 10.2 Å². The number of hydrogen-bond acceptors (Lipinski definition) is 5. The maximum atomic E-state index is 12.4. The molecule has 2 saturated heterocycles. The van der Waals surface area contributed by atoms with E-state index in [-0.39, 0.29) is 23.8 Å². The predicted octanol–water partition coefficient (Wildman–Crippen LogP) is -0.381. The second-order valence-corrected chi connectivity index (χ2v) is 7.99. The molecule has 2 N–H and O–H groups in total. The second-order valence-electron chi connectivity index (χ2n) is 5.76. The largest absolute Gasteiger partial charge is 0.480 e. The molecule has 8 heteroatoms. The molecule has 0 bridgehead atoms. The smallest absolute Gasteiger partial charge is 0.326 e. The number of nitrogens with one attached hydrogen (secondary N) is 1. The van der Waals surface area contributed by atoms with Crippen LogP contribution in [0.25, 0.3) is 0 Å². The van der Waals surface area contributed by atoms with E-state index in [4.69, 9.17) is 0 Å². The average molecular weight is 318 g/mol. The Hall–Kier alpha value is -1.15. The van der Waals surface area contributed by atoms with E-state index in [0.717, 1.165) is 19.3 Å². The number of aliphatic carboxylic acids is 1. The molecule has 2 rings (SSSR count). The van der Waals surface area contributed by atoms with Gasteiger partial charge in [-0.3, -0.25) is 4.79 Å². The lowest BCUT2D eigenvalue weighted by Gasteiger charge is -2.30. The fourth-order valence-electron chi connectivity index (χ4n) is 2.99. The summed E-state index contributed by atoms with van der Waals surface area (Å²) < 4.78 is 23.2. The summed E-state index contributed by atoms with van der Waals surface area (Å²) in [6, 6.07) is -1.19. The van der Waals surface area contributed by atoms with E-state index < -0.39 is 27.9 Å². The molecule has 21 heavy (non-hydrogen) atoms. The Morgan fingerprint density at radius 1 is 1.24 bits per heavy atom. The number of carbonyl (C=O) groups excluding carboxylic acids is 1. The number of nitrogens with zero attached hydrogens (tertiary/aromatic N) is 1. The topological polar surface area (TPSA) is 104 Å². The fraction of sp³-hybridized carbons (Fsp3) is 0.846. The first-order chi connectivity index (χ1) is 9.89. The molecule has 2 aliphatic rings. The molecule has 1 amide bonds. The molecule has 2 atom stereocenters. The molecule has 0 saturated carbocycles. The first-order valence-electron chi connectivity index (χ1n) is 7.35. The molecular formula is C13H22N2O5S. The third kappa shape index (κ3) is 4.41. The number of sulfone groups is 1. The summed E-state index contributed by atoms with van der Waals surface area (Å²) in [6.07, 6.45) is 3.03. The van der Waals surface area contributed by atoms with Gasteiger partial charge in [0.05, 0.1) is 11.5 Å². The highest BCUT2D eigenvalue weighted by Gasteiger charge is 2.33. The third-order valence-electron chi connectivity index (χ3n) is 4.08. The average Bonchev–Trinajstić information content (AvgIpc) is 2.62. The minimum Gasteiger partial charge on any atom is -0.480 e. The van der Waals surface area contributed by atoms with Crippen molar-refractivity contribution in [3.05, 3.63) is 0 Å². The summed E-state index contributed by atoms with van der Waals surface area (Å²) in [7, 11) is -3.09. The van der Waals surface area contributed by atoms with E-state index in [1.165, 1.54) is 4.90 Å². The van der Waals surface area contributed by atoms with Crippen molar-refractivity contribution >= 4 is 21.7 Å². The number of rotatable bonds is 3. The van der Waals surface area contributed by atoms with Crippen LogP contribution in [0, 0.1) is 0 Å². The maximum absolute atomic E-state index is 12.4. The van der Waals surface area contributed by atoms with E-state index in [1.807, 2.05) is 0 Å². The monoisotopic (exact) mass is 318 g/mol. The van der Waals surface area contributed by atoms with Crippen molar-refractivity contribution in [3.8, 4) is 0 Å². The Morgan fingerprint density at radius 3 is 2.67 bits per heavy atom. The Bertz CT molecular complexity index is 505. The van der Waals surface area contributed by atoms with E-state index in [1.54, 1.807) is 0 Å². The minimum absolute atomic E-state index is 0.0447. The molecule has 2 heterocycles. The quantitative estimate of drug-likeness (QED) is 0.735. The molecule has 120 valence electrons. The number of hydrogen-bond donors (Lipinski definition) is 2. The SMILES string of the molecule is O=C(O)C1CCCCCN1C(=O)CC1CS(=O)(=O)CCN1. The van der Waals surface area contributed by atoms with Crippen molar-refractivity contribution in [2.24, 2.45) is 0 Å². The third-order valence-corrected chi connectivity index (χ3v) is 5.82. The number of carboxylic acid groups (broad SMARTS) is 1. The van der Waals surface area contributed by atoms with Crippen LogP contribution in [0.1, 0.15) is 32.1 Å². The zero-order valence-corrected chi connectivity index (χ0v) is 12.8. The molecule has 0 radical (unpaired) electrons. The van der Waals surface area contributed by atoms with Crippen molar-refractivity contribution < 1.29 is 23.1 Å². The van der Waals surface area contributed by atoms with Crippen molar-refractivity contribution in [2.75, 3.05) is 24.6 Å². The van der Waals surface area contributed by atoms with E-state index in [0.29, 0.717) is 19.5 Å². The zero-order chi connectivity index (χ0) is 15.5. The van der Waals surface area contributed by atoms with Gasteiger partial charge in [0.15, 0.2) is 9.84 Å². The van der Waals surface area contributed by atoms with E-state index >= 15 is 0 Å². The Kier molecular flexibility index (Phi) is 5.21. The fourth-order valence-corrected chi connectivity index (χ4v) is 4.43. The van der Waals surface area contributed by atoms with Crippen molar-refractivity contribution in [2.45, 2.75) is 44.2 Å². The lowest BCUT2D eigenvalue weighted by atomic mass is 10.1. The lowest BCUT2D eigenvalue weighted by Crippen LogP contribution is -2.50. The van der Waals surface area contributed by atoms with Crippen LogP contribution in [0.5, 0.6) is 0 Å². The van der Waals surface area contributed by atoms with Gasteiger partial charge >= 0.3 is 5.97 Å². The highest BCUT2D eigenvalue weighted by molar-refractivity contribution is 7.91. The summed E-state index contributed by atoms with van der Waals surface area (Å²) in [6.45, 7) is 0.790. The van der Waals surface area contributed by atoms with Crippen molar-refractivity contribution in [3.63, 3.8) is 0 Å². The van der Waals surface area contributed by atoms with Gasteiger partial charge < -0.3 is 15.3 Å². The molecule has 0 aromatic carbocycles. The van der Waals surface area contributed by atoms with E-state index in [2.05, 4.69) is 5.32 Å². The van der Waals surface area contributed by atoms with Crippen LogP contribution in [-0.4, -0.2) is 67.0 Å². The van der Waals surface area contributed by atoms with Crippen LogP contribution in [0.15, 0.2) is 0 Å². The first kappa shape index (κ1) is 16.2. The summed E-state index contributed by atoms with van der Waals surface area (Å²) >= 11 is 0. The molecule has 0 aliphatic carbocycles. The molecule has 2 fully saturated rings. The molecule has 0 aromatic heterocycles. The van der Waals surface area contributed by atoms with Gasteiger partial charge in [-0.15, -0.1) is 0 Å². The van der Waals surface area contributed by atoms with E-state index in [9.17, 15) is 23.1 Å². The molecule has 2 unspecified atom stereocenters. The Balaban J connectivity index is 2.01. The van der Waals surface area contributed by atoms with Gasteiger partial charge in [-0.25, -0.2) is 13.2 Å². The lowest BCUT2D eigenvalue weighted by molar-refractivity contribution is -0.150. The van der Waals surface area contributed by atoms with Gasteiger partial charge in [-0.2, -0.15) is 0 Å². The summed E-state index contributed by atoms with van der Waals surface area (Å²) in [4.78, 5) is 25.1. The number of carbonyl (C=O) groups is 2.